The third kappa shape index (κ3) is 1.98. The topological polar surface area (TPSA) is 30.0 Å². The molecule has 0 aliphatic heterocycles. The van der Waals surface area contributed by atoms with E-state index in [9.17, 15) is 18.0 Å². The molecule has 0 aromatic carbocycles. The Balaban J connectivity index is 3.28. The Morgan fingerprint density at radius 2 is 2.15 bits per heavy atom. The molecular weight excluding hydrogens is 207 g/mol. The Hall–Kier alpha value is -1.10. The van der Waals surface area contributed by atoms with Crippen LogP contribution < -0.4 is 0 Å². The molecule has 0 saturated carbocycles. The molecule has 0 amide bonds. The molecule has 0 saturated heterocycles. The van der Waals surface area contributed by atoms with E-state index in [-0.39, 0.29) is 17.0 Å². The van der Waals surface area contributed by atoms with Gasteiger partial charge in [0.2, 0.25) is 5.95 Å². The van der Waals surface area contributed by atoms with Gasteiger partial charge in [-0.2, -0.15) is 4.39 Å². The summed E-state index contributed by atoms with van der Waals surface area (Å²) in [5.74, 6) is -1.37. The monoisotopic (exact) mass is 209 g/mol. The highest BCUT2D eigenvalue weighted by atomic mass is 35.5. The van der Waals surface area contributed by atoms with E-state index in [1.807, 2.05) is 0 Å². The number of rotatable bonds is 2. The van der Waals surface area contributed by atoms with Crippen LogP contribution in [0, 0.1) is 5.95 Å². The minimum Gasteiger partial charge on any atom is -0.296 e. The van der Waals surface area contributed by atoms with Crippen LogP contribution in [0.2, 0.25) is 5.02 Å². The van der Waals surface area contributed by atoms with Crippen molar-refractivity contribution in [3.8, 4) is 0 Å². The zero-order valence-electron chi connectivity index (χ0n) is 6.10. The number of halogens is 4. The summed E-state index contributed by atoms with van der Waals surface area (Å²) < 4.78 is 36.7. The van der Waals surface area contributed by atoms with Gasteiger partial charge < -0.3 is 0 Å². The van der Waals surface area contributed by atoms with Crippen LogP contribution in [-0.2, 0) is 0 Å². The van der Waals surface area contributed by atoms with E-state index in [0.717, 1.165) is 0 Å². The number of carbonyl (C=O) groups excluding carboxylic acids is 1. The Labute approximate surface area is 76.3 Å². The first kappa shape index (κ1) is 9.98. The van der Waals surface area contributed by atoms with Gasteiger partial charge in [0.05, 0.1) is 10.6 Å². The molecule has 1 aromatic rings. The highest BCUT2D eigenvalue weighted by Crippen LogP contribution is 2.25. The average Bonchev–Trinajstić information content (AvgIpc) is 2.07. The number of carbonyl (C=O) groups is 1. The zero-order chi connectivity index (χ0) is 10.0. The minimum atomic E-state index is -2.99. The second-order valence-corrected chi connectivity index (χ2v) is 2.56. The van der Waals surface area contributed by atoms with E-state index in [0.29, 0.717) is 6.07 Å². The van der Waals surface area contributed by atoms with Gasteiger partial charge in [0.15, 0.2) is 6.29 Å². The maximum absolute atomic E-state index is 12.7. The van der Waals surface area contributed by atoms with Gasteiger partial charge in [-0.25, -0.2) is 13.8 Å². The van der Waals surface area contributed by atoms with Crippen molar-refractivity contribution in [1.29, 1.82) is 0 Å². The van der Waals surface area contributed by atoms with Gasteiger partial charge in [0, 0.05) is 0 Å². The molecule has 0 spiro atoms. The maximum Gasteiger partial charge on any atom is 0.268 e. The molecule has 1 aromatic heterocycles. The molecule has 6 heteroatoms. The quantitative estimate of drug-likeness (QED) is 0.554. The van der Waals surface area contributed by atoms with Crippen LogP contribution in [-0.4, -0.2) is 11.3 Å². The van der Waals surface area contributed by atoms with Gasteiger partial charge in [-0.3, -0.25) is 4.79 Å². The predicted molar refractivity (Wildman–Crippen MR) is 39.5 cm³/mol. The zero-order valence-corrected chi connectivity index (χ0v) is 6.86. The largest absolute Gasteiger partial charge is 0.296 e. The van der Waals surface area contributed by atoms with Crippen molar-refractivity contribution in [3.63, 3.8) is 0 Å². The second-order valence-electron chi connectivity index (χ2n) is 2.15. The average molecular weight is 210 g/mol. The van der Waals surface area contributed by atoms with E-state index in [1.54, 1.807) is 0 Å². The standard InChI is InChI=1S/C7H3ClF3NO/c8-4-1-3(6(9)10)7(11)12-5(4)2-13/h1-2,6H. The first-order valence-electron chi connectivity index (χ1n) is 3.15. The summed E-state index contributed by atoms with van der Waals surface area (Å²) >= 11 is 5.35. The molecule has 0 aliphatic rings. The Morgan fingerprint density at radius 1 is 1.54 bits per heavy atom. The lowest BCUT2D eigenvalue weighted by atomic mass is 10.2. The molecular formula is C7H3ClF3NO. The lowest BCUT2D eigenvalue weighted by Gasteiger charge is -2.02. The SMILES string of the molecule is O=Cc1nc(F)c(C(F)F)cc1Cl. The van der Waals surface area contributed by atoms with Crippen LogP contribution in [0.1, 0.15) is 22.5 Å². The maximum atomic E-state index is 12.7. The molecule has 1 heterocycles. The summed E-state index contributed by atoms with van der Waals surface area (Å²) in [6.07, 6.45) is -2.80. The van der Waals surface area contributed by atoms with Gasteiger partial charge in [-0.1, -0.05) is 11.6 Å². The van der Waals surface area contributed by atoms with Crippen LogP contribution in [0.4, 0.5) is 13.2 Å². The first-order chi connectivity index (χ1) is 6.06. The summed E-state index contributed by atoms with van der Waals surface area (Å²) in [6, 6.07) is 0.693. The van der Waals surface area contributed by atoms with Crippen molar-refractivity contribution < 1.29 is 18.0 Å². The number of alkyl halides is 2. The molecule has 1 rings (SSSR count). The molecule has 0 unspecified atom stereocenters. The molecule has 13 heavy (non-hydrogen) atoms. The third-order valence-corrected chi connectivity index (χ3v) is 1.63. The number of aromatic nitrogens is 1. The van der Waals surface area contributed by atoms with Crippen molar-refractivity contribution in [3.05, 3.63) is 28.3 Å². The van der Waals surface area contributed by atoms with Crippen LogP contribution in [0.5, 0.6) is 0 Å². The van der Waals surface area contributed by atoms with Crippen LogP contribution in [0.25, 0.3) is 0 Å². The van der Waals surface area contributed by atoms with Gasteiger partial charge >= 0.3 is 0 Å². The van der Waals surface area contributed by atoms with Crippen LogP contribution in [0.15, 0.2) is 6.07 Å². The molecule has 0 N–H and O–H groups in total. The summed E-state index contributed by atoms with van der Waals surface area (Å²) in [4.78, 5) is 13.1. The summed E-state index contributed by atoms with van der Waals surface area (Å²) in [7, 11) is 0. The molecule has 0 radical (unpaired) electrons. The number of hydrogen-bond acceptors (Lipinski definition) is 2. The van der Waals surface area contributed by atoms with E-state index in [2.05, 4.69) is 4.98 Å². The number of nitrogens with zero attached hydrogens (tertiary/aromatic N) is 1. The second kappa shape index (κ2) is 3.74. The van der Waals surface area contributed by atoms with E-state index >= 15 is 0 Å². The summed E-state index contributed by atoms with van der Waals surface area (Å²) in [5.41, 5.74) is -1.29. The molecule has 0 atom stereocenters. The van der Waals surface area contributed by atoms with Crippen molar-refractivity contribution >= 4 is 17.9 Å². The Bertz CT molecular complexity index is 343. The van der Waals surface area contributed by atoms with E-state index < -0.39 is 17.9 Å². The Morgan fingerprint density at radius 3 is 2.62 bits per heavy atom. The van der Waals surface area contributed by atoms with E-state index in [4.69, 9.17) is 11.6 Å². The molecule has 0 fully saturated rings. The smallest absolute Gasteiger partial charge is 0.268 e. The van der Waals surface area contributed by atoms with Crippen LogP contribution >= 0.6 is 11.6 Å². The van der Waals surface area contributed by atoms with Crippen molar-refractivity contribution in [1.82, 2.24) is 4.98 Å². The highest BCUT2D eigenvalue weighted by Gasteiger charge is 2.17. The molecule has 70 valence electrons. The Kier molecular flexibility index (Phi) is 2.87. The molecule has 0 bridgehead atoms. The van der Waals surface area contributed by atoms with Crippen LogP contribution in [0.3, 0.4) is 0 Å². The normalized spacial score (nSPS) is 10.5. The van der Waals surface area contributed by atoms with Crippen molar-refractivity contribution in [2.45, 2.75) is 6.43 Å². The summed E-state index contributed by atoms with van der Waals surface area (Å²) in [5, 5.41) is -0.285. The first-order valence-corrected chi connectivity index (χ1v) is 3.53. The molecule has 2 nitrogen and oxygen atoms in total. The fourth-order valence-electron chi connectivity index (χ4n) is 0.729. The lowest BCUT2D eigenvalue weighted by Crippen LogP contribution is -1.99. The van der Waals surface area contributed by atoms with Gasteiger partial charge in [-0.15, -0.1) is 0 Å². The molecule has 0 aliphatic carbocycles. The third-order valence-electron chi connectivity index (χ3n) is 1.33. The summed E-state index contributed by atoms with van der Waals surface area (Å²) in [6.45, 7) is 0. The fraction of sp³-hybridized carbons (Fsp3) is 0.143. The number of pyridine rings is 1. The van der Waals surface area contributed by atoms with Crippen molar-refractivity contribution in [2.75, 3.05) is 0 Å². The van der Waals surface area contributed by atoms with Gasteiger partial charge in [0.25, 0.3) is 6.43 Å². The fourth-order valence-corrected chi connectivity index (χ4v) is 0.934. The van der Waals surface area contributed by atoms with E-state index in [1.165, 1.54) is 0 Å². The van der Waals surface area contributed by atoms with Gasteiger partial charge in [0.1, 0.15) is 5.69 Å². The lowest BCUT2D eigenvalue weighted by molar-refractivity contribution is 0.111. The number of hydrogen-bond donors (Lipinski definition) is 0. The highest BCUT2D eigenvalue weighted by molar-refractivity contribution is 6.32. The van der Waals surface area contributed by atoms with Gasteiger partial charge in [-0.05, 0) is 6.07 Å². The number of aldehydes is 1. The van der Waals surface area contributed by atoms with Crippen molar-refractivity contribution in [2.24, 2.45) is 0 Å². The predicted octanol–water partition coefficient (Wildman–Crippen LogP) is 2.62. The minimum absolute atomic E-state index is 0.195.